The van der Waals surface area contributed by atoms with Crippen LogP contribution in [0.3, 0.4) is 0 Å². The number of hydrogen-bond donors (Lipinski definition) is 0. The fraction of sp³-hybridized carbons (Fsp3) is 0.529. The summed E-state index contributed by atoms with van der Waals surface area (Å²) in [6.45, 7) is 4.64. The third kappa shape index (κ3) is 2.99. The lowest BCUT2D eigenvalue weighted by Crippen LogP contribution is -2.38. The number of ketones is 1. The predicted octanol–water partition coefficient (Wildman–Crippen LogP) is 2.35. The summed E-state index contributed by atoms with van der Waals surface area (Å²) >= 11 is 0. The number of benzene rings is 1. The van der Waals surface area contributed by atoms with Gasteiger partial charge in [-0.25, -0.2) is 0 Å². The van der Waals surface area contributed by atoms with Gasteiger partial charge in [-0.2, -0.15) is 5.26 Å². The van der Waals surface area contributed by atoms with Gasteiger partial charge in [0.2, 0.25) is 0 Å². The molecule has 1 aromatic carbocycles. The number of ether oxygens (including phenoxy) is 2. The van der Waals surface area contributed by atoms with Crippen LogP contribution < -0.4 is 4.90 Å². The minimum Gasteiger partial charge on any atom is -0.371 e. The van der Waals surface area contributed by atoms with Gasteiger partial charge in [-0.1, -0.05) is 0 Å². The molecule has 0 atom stereocenters. The van der Waals surface area contributed by atoms with Gasteiger partial charge in [0.15, 0.2) is 12.1 Å². The first-order valence-electron chi connectivity index (χ1n) is 7.72. The number of nitrogens with zero attached hydrogens (tertiary/aromatic N) is 2. The molecular formula is C17H20N2O3. The molecule has 0 amide bonds. The van der Waals surface area contributed by atoms with E-state index in [1.54, 1.807) is 19.1 Å². The summed E-state index contributed by atoms with van der Waals surface area (Å²) in [6, 6.07) is 7.42. The molecule has 0 aromatic heterocycles. The van der Waals surface area contributed by atoms with Gasteiger partial charge in [0, 0.05) is 30.3 Å². The van der Waals surface area contributed by atoms with Crippen LogP contribution in [0, 0.1) is 17.2 Å². The van der Waals surface area contributed by atoms with Crippen LogP contribution in [0.15, 0.2) is 18.2 Å². The minimum atomic E-state index is -0.0696. The van der Waals surface area contributed by atoms with Crippen molar-refractivity contribution in [1.82, 2.24) is 0 Å². The number of hydrogen-bond acceptors (Lipinski definition) is 5. The highest BCUT2D eigenvalue weighted by molar-refractivity contribution is 6.00. The molecule has 2 fully saturated rings. The van der Waals surface area contributed by atoms with Gasteiger partial charge in [-0.05, 0) is 38.0 Å². The maximum absolute atomic E-state index is 11.8. The maximum atomic E-state index is 11.8. The molecule has 2 heterocycles. The molecule has 0 N–H and O–H groups in total. The zero-order valence-electron chi connectivity index (χ0n) is 12.7. The van der Waals surface area contributed by atoms with Crippen molar-refractivity contribution in [3.05, 3.63) is 29.3 Å². The average molecular weight is 300 g/mol. The van der Waals surface area contributed by atoms with Crippen LogP contribution >= 0.6 is 0 Å². The van der Waals surface area contributed by atoms with Crippen LogP contribution in [0.5, 0.6) is 0 Å². The van der Waals surface area contributed by atoms with E-state index in [1.807, 2.05) is 6.07 Å². The van der Waals surface area contributed by atoms with Crippen LogP contribution in [0.2, 0.25) is 0 Å². The third-order valence-corrected chi connectivity index (χ3v) is 4.42. The minimum absolute atomic E-state index is 0.0315. The fourth-order valence-electron chi connectivity index (χ4n) is 3.22. The lowest BCUT2D eigenvalue weighted by Gasteiger charge is -2.36. The number of piperidine rings is 1. The van der Waals surface area contributed by atoms with Crippen LogP contribution in [0.25, 0.3) is 0 Å². The van der Waals surface area contributed by atoms with Crippen molar-refractivity contribution in [2.45, 2.75) is 26.1 Å². The smallest absolute Gasteiger partial charge is 0.161 e. The third-order valence-electron chi connectivity index (χ3n) is 4.42. The standard InChI is InChI=1S/C17H20N2O3/c1-12(20)15-3-2-13(11-18)10-16(15)19-6-4-14(5-7-19)17-21-8-9-22-17/h2-3,10,14,17H,4-9H2,1H3. The van der Waals surface area contributed by atoms with Crippen LogP contribution in [0.4, 0.5) is 5.69 Å². The molecule has 1 aromatic rings. The van der Waals surface area contributed by atoms with E-state index in [4.69, 9.17) is 14.7 Å². The van der Waals surface area contributed by atoms with Crippen molar-refractivity contribution in [2.24, 2.45) is 5.92 Å². The topological polar surface area (TPSA) is 62.6 Å². The molecular weight excluding hydrogens is 280 g/mol. The molecule has 116 valence electrons. The van der Waals surface area contributed by atoms with Crippen molar-refractivity contribution in [3.63, 3.8) is 0 Å². The lowest BCUT2D eigenvalue weighted by molar-refractivity contribution is -0.0889. The molecule has 2 aliphatic heterocycles. The highest BCUT2D eigenvalue weighted by atomic mass is 16.7. The van der Waals surface area contributed by atoms with E-state index in [0.29, 0.717) is 30.3 Å². The first-order valence-corrected chi connectivity index (χ1v) is 7.72. The van der Waals surface area contributed by atoms with Gasteiger partial charge < -0.3 is 14.4 Å². The molecule has 2 aliphatic rings. The number of carbonyl (C=O) groups excluding carboxylic acids is 1. The summed E-state index contributed by atoms with van der Waals surface area (Å²) in [5, 5.41) is 9.09. The Morgan fingerprint density at radius 3 is 2.55 bits per heavy atom. The zero-order valence-corrected chi connectivity index (χ0v) is 12.7. The van der Waals surface area contributed by atoms with Crippen LogP contribution in [-0.4, -0.2) is 38.4 Å². The summed E-state index contributed by atoms with van der Waals surface area (Å²) in [6.07, 6.45) is 1.87. The first kappa shape index (κ1) is 15.0. The van der Waals surface area contributed by atoms with E-state index in [9.17, 15) is 4.79 Å². The van der Waals surface area contributed by atoms with Crippen molar-refractivity contribution in [1.29, 1.82) is 5.26 Å². The van der Waals surface area contributed by atoms with E-state index in [0.717, 1.165) is 31.6 Å². The summed E-state index contributed by atoms with van der Waals surface area (Å²) < 4.78 is 11.2. The summed E-state index contributed by atoms with van der Waals surface area (Å²) in [4.78, 5) is 14.0. The maximum Gasteiger partial charge on any atom is 0.161 e. The molecule has 0 radical (unpaired) electrons. The van der Waals surface area contributed by atoms with Crippen molar-refractivity contribution in [3.8, 4) is 6.07 Å². The Kier molecular flexibility index (Phi) is 4.41. The molecule has 3 rings (SSSR count). The molecule has 0 unspecified atom stereocenters. The number of Topliss-reactive ketones (excluding diaryl/α,β-unsaturated/α-hetero) is 1. The van der Waals surface area contributed by atoms with Gasteiger partial charge in [0.05, 0.1) is 24.8 Å². The number of anilines is 1. The van der Waals surface area contributed by atoms with Gasteiger partial charge in [0.1, 0.15) is 0 Å². The molecule has 0 saturated carbocycles. The molecule has 0 spiro atoms. The van der Waals surface area contributed by atoms with E-state index in [1.165, 1.54) is 0 Å². The van der Waals surface area contributed by atoms with Crippen molar-refractivity contribution < 1.29 is 14.3 Å². The molecule has 5 nitrogen and oxygen atoms in total. The second-order valence-electron chi connectivity index (χ2n) is 5.83. The molecule has 22 heavy (non-hydrogen) atoms. The number of carbonyl (C=O) groups is 1. The highest BCUT2D eigenvalue weighted by Gasteiger charge is 2.31. The SMILES string of the molecule is CC(=O)c1ccc(C#N)cc1N1CCC(C2OCCO2)CC1. The van der Waals surface area contributed by atoms with Gasteiger partial charge in [0.25, 0.3) is 0 Å². The Bertz CT molecular complexity index is 594. The van der Waals surface area contributed by atoms with Gasteiger partial charge in [-0.15, -0.1) is 0 Å². The summed E-state index contributed by atoms with van der Waals surface area (Å²) in [7, 11) is 0. The van der Waals surface area contributed by atoms with E-state index < -0.39 is 0 Å². The molecule has 5 heteroatoms. The number of nitriles is 1. The van der Waals surface area contributed by atoms with Crippen LogP contribution in [0.1, 0.15) is 35.7 Å². The second kappa shape index (κ2) is 6.47. The lowest BCUT2D eigenvalue weighted by atomic mass is 9.94. The van der Waals surface area contributed by atoms with Crippen LogP contribution in [-0.2, 0) is 9.47 Å². The Morgan fingerprint density at radius 2 is 1.95 bits per heavy atom. The van der Waals surface area contributed by atoms with E-state index >= 15 is 0 Å². The molecule has 2 saturated heterocycles. The quantitative estimate of drug-likeness (QED) is 0.802. The van der Waals surface area contributed by atoms with E-state index in [-0.39, 0.29) is 12.1 Å². The predicted molar refractivity (Wildman–Crippen MR) is 81.8 cm³/mol. The van der Waals surface area contributed by atoms with Crippen molar-refractivity contribution >= 4 is 11.5 Å². The zero-order chi connectivity index (χ0) is 15.5. The normalized spacial score (nSPS) is 20.1. The van der Waals surface area contributed by atoms with E-state index in [2.05, 4.69) is 11.0 Å². The van der Waals surface area contributed by atoms with Crippen molar-refractivity contribution in [2.75, 3.05) is 31.2 Å². The van der Waals surface area contributed by atoms with Gasteiger partial charge >= 0.3 is 0 Å². The Morgan fingerprint density at radius 1 is 1.27 bits per heavy atom. The molecule has 0 bridgehead atoms. The largest absolute Gasteiger partial charge is 0.371 e. The number of rotatable bonds is 3. The average Bonchev–Trinajstić information content (AvgIpc) is 3.09. The summed E-state index contributed by atoms with van der Waals surface area (Å²) in [5.74, 6) is 0.447. The second-order valence-corrected chi connectivity index (χ2v) is 5.83. The fourth-order valence-corrected chi connectivity index (χ4v) is 3.22. The Hall–Kier alpha value is -1.90. The molecule has 0 aliphatic carbocycles. The Labute approximate surface area is 130 Å². The monoisotopic (exact) mass is 300 g/mol. The van der Waals surface area contributed by atoms with Gasteiger partial charge in [-0.3, -0.25) is 4.79 Å². The Balaban J connectivity index is 1.75. The summed E-state index contributed by atoms with van der Waals surface area (Å²) in [5.41, 5.74) is 2.15. The first-order chi connectivity index (χ1) is 10.7. The highest BCUT2D eigenvalue weighted by Crippen LogP contribution is 2.31.